The van der Waals surface area contributed by atoms with Gasteiger partial charge in [-0.3, -0.25) is 14.5 Å². The van der Waals surface area contributed by atoms with Gasteiger partial charge in [-0.05, 0) is 62.0 Å². The monoisotopic (exact) mass is 386 g/mol. The Kier molecular flexibility index (Phi) is 6.76. The maximum atomic E-state index is 12.7. The van der Waals surface area contributed by atoms with Gasteiger partial charge in [-0.15, -0.1) is 0 Å². The van der Waals surface area contributed by atoms with Crippen LogP contribution in [0.5, 0.6) is 0 Å². The van der Waals surface area contributed by atoms with Gasteiger partial charge in [-0.25, -0.2) is 0 Å². The third-order valence-electron chi connectivity index (χ3n) is 5.99. The predicted octanol–water partition coefficient (Wildman–Crippen LogP) is 3.43. The van der Waals surface area contributed by atoms with Crippen molar-refractivity contribution in [3.63, 3.8) is 0 Å². The van der Waals surface area contributed by atoms with Crippen molar-refractivity contribution < 1.29 is 14.7 Å². The molecular weight excluding hydrogens is 352 g/mol. The van der Waals surface area contributed by atoms with E-state index < -0.39 is 5.97 Å². The number of carbonyl (C=O) groups is 2. The minimum absolute atomic E-state index is 0.0668. The summed E-state index contributed by atoms with van der Waals surface area (Å²) in [4.78, 5) is 25.9. The molecule has 0 radical (unpaired) electrons. The van der Waals surface area contributed by atoms with Gasteiger partial charge in [0.1, 0.15) is 0 Å². The van der Waals surface area contributed by atoms with Gasteiger partial charge in [-0.1, -0.05) is 38.1 Å². The van der Waals surface area contributed by atoms with Crippen LogP contribution in [-0.2, 0) is 16.0 Å². The molecule has 0 heterocycles. The molecule has 2 saturated carbocycles. The Bertz CT molecular complexity index is 693. The van der Waals surface area contributed by atoms with Crippen molar-refractivity contribution in [1.29, 1.82) is 0 Å². The Labute approximate surface area is 168 Å². The normalized spacial score (nSPS) is 22.8. The highest BCUT2D eigenvalue weighted by Crippen LogP contribution is 2.34. The number of rotatable bonds is 10. The minimum atomic E-state index is -0.761. The van der Waals surface area contributed by atoms with E-state index in [0.29, 0.717) is 11.8 Å². The molecule has 0 aliphatic heterocycles. The van der Waals surface area contributed by atoms with Crippen LogP contribution in [0, 0.1) is 11.8 Å². The lowest BCUT2D eigenvalue weighted by Crippen LogP contribution is -2.55. The number of carboxylic acids is 1. The van der Waals surface area contributed by atoms with Gasteiger partial charge in [0.25, 0.3) is 0 Å². The first-order valence-electron chi connectivity index (χ1n) is 10.7. The number of hydrogen-bond acceptors (Lipinski definition) is 3. The number of amides is 1. The first kappa shape index (κ1) is 20.8. The zero-order valence-corrected chi connectivity index (χ0v) is 17.4. The number of carboxylic acid groups (broad SMARTS) is 1. The van der Waals surface area contributed by atoms with Crippen molar-refractivity contribution in [2.24, 2.45) is 11.8 Å². The zero-order valence-electron chi connectivity index (χ0n) is 17.4. The predicted molar refractivity (Wildman–Crippen MR) is 110 cm³/mol. The third-order valence-corrected chi connectivity index (χ3v) is 5.99. The van der Waals surface area contributed by atoms with E-state index in [0.717, 1.165) is 31.4 Å². The summed E-state index contributed by atoms with van der Waals surface area (Å²) >= 11 is 0. The minimum Gasteiger partial charge on any atom is -0.480 e. The second-order valence-electron chi connectivity index (χ2n) is 9.16. The fraction of sp³-hybridized carbons (Fsp3) is 0.652. The molecule has 28 heavy (non-hydrogen) atoms. The van der Waals surface area contributed by atoms with Crippen molar-refractivity contribution in [2.75, 3.05) is 13.1 Å². The molecule has 5 heteroatoms. The van der Waals surface area contributed by atoms with E-state index in [2.05, 4.69) is 36.2 Å². The molecule has 5 nitrogen and oxygen atoms in total. The van der Waals surface area contributed by atoms with Crippen LogP contribution in [0.2, 0.25) is 0 Å². The Morgan fingerprint density at radius 3 is 2.54 bits per heavy atom. The zero-order chi connectivity index (χ0) is 20.3. The summed E-state index contributed by atoms with van der Waals surface area (Å²) in [6.07, 6.45) is 5.16. The van der Waals surface area contributed by atoms with Crippen LogP contribution in [0.4, 0.5) is 0 Å². The molecule has 1 amide bonds. The van der Waals surface area contributed by atoms with Gasteiger partial charge in [0, 0.05) is 18.6 Å². The molecule has 0 aromatic heterocycles. The second-order valence-corrected chi connectivity index (χ2v) is 9.16. The van der Waals surface area contributed by atoms with Crippen LogP contribution >= 0.6 is 0 Å². The van der Waals surface area contributed by atoms with E-state index in [1.807, 2.05) is 19.1 Å². The summed E-state index contributed by atoms with van der Waals surface area (Å²) in [7, 11) is 0. The van der Waals surface area contributed by atoms with Crippen molar-refractivity contribution in [2.45, 2.75) is 70.9 Å². The number of aliphatic carboxylic acids is 1. The standard InChI is InChI=1S/C23H34N2O3/c1-15(2)9-18-5-4-6-19(10-18)16(3)23(28)24-20-11-21(12-20)25(14-22(26)27)13-17-7-8-17/h4-6,10,15-17,20-21H,7-9,11-14H2,1-3H3,(H,24,28)(H,26,27). The lowest BCUT2D eigenvalue weighted by atomic mass is 9.84. The molecule has 3 rings (SSSR count). The average molecular weight is 387 g/mol. The Balaban J connectivity index is 1.49. The van der Waals surface area contributed by atoms with Gasteiger partial charge in [0.2, 0.25) is 5.91 Å². The molecule has 0 bridgehead atoms. The van der Waals surface area contributed by atoms with Crippen LogP contribution in [0.3, 0.4) is 0 Å². The first-order chi connectivity index (χ1) is 13.3. The highest BCUT2D eigenvalue weighted by molar-refractivity contribution is 5.83. The van der Waals surface area contributed by atoms with Crippen LogP contribution in [0.25, 0.3) is 0 Å². The van der Waals surface area contributed by atoms with Gasteiger partial charge in [-0.2, -0.15) is 0 Å². The van der Waals surface area contributed by atoms with E-state index in [9.17, 15) is 9.59 Å². The quantitative estimate of drug-likeness (QED) is 0.646. The molecule has 1 atom stereocenters. The molecule has 2 fully saturated rings. The van der Waals surface area contributed by atoms with Crippen molar-refractivity contribution in [3.8, 4) is 0 Å². The molecule has 1 aromatic rings. The molecular formula is C23H34N2O3. The molecule has 2 aliphatic rings. The Hall–Kier alpha value is -1.88. The largest absolute Gasteiger partial charge is 0.480 e. The topological polar surface area (TPSA) is 69.6 Å². The highest BCUT2D eigenvalue weighted by atomic mass is 16.4. The van der Waals surface area contributed by atoms with Crippen LogP contribution in [0.1, 0.15) is 63.5 Å². The molecule has 0 spiro atoms. The smallest absolute Gasteiger partial charge is 0.317 e. The second kappa shape index (κ2) is 9.08. The van der Waals surface area contributed by atoms with Gasteiger partial charge in [0.05, 0.1) is 12.5 Å². The summed E-state index contributed by atoms with van der Waals surface area (Å²) in [6, 6.07) is 8.79. The Morgan fingerprint density at radius 1 is 1.21 bits per heavy atom. The fourth-order valence-electron chi connectivity index (χ4n) is 4.09. The Morgan fingerprint density at radius 2 is 1.93 bits per heavy atom. The summed E-state index contributed by atoms with van der Waals surface area (Å²) < 4.78 is 0. The summed E-state index contributed by atoms with van der Waals surface area (Å²) in [5.74, 6) is 0.398. The molecule has 1 aromatic carbocycles. The lowest BCUT2D eigenvalue weighted by Gasteiger charge is -2.43. The number of hydrogen-bond donors (Lipinski definition) is 2. The summed E-state index contributed by atoms with van der Waals surface area (Å²) in [5.41, 5.74) is 2.34. The fourth-order valence-corrected chi connectivity index (χ4v) is 4.09. The number of carbonyl (C=O) groups excluding carboxylic acids is 1. The van der Waals surface area contributed by atoms with E-state index >= 15 is 0 Å². The molecule has 1 unspecified atom stereocenters. The maximum Gasteiger partial charge on any atom is 0.317 e. The number of benzene rings is 1. The van der Waals surface area contributed by atoms with Crippen molar-refractivity contribution >= 4 is 11.9 Å². The SMILES string of the molecule is CC(C)Cc1cccc(C(C)C(=O)NC2CC(N(CC(=O)O)CC3CC3)C2)c1. The van der Waals surface area contributed by atoms with Crippen LogP contribution in [0.15, 0.2) is 24.3 Å². The average Bonchev–Trinajstić information content (AvgIpc) is 3.39. The van der Waals surface area contributed by atoms with E-state index in [4.69, 9.17) is 5.11 Å². The molecule has 2 N–H and O–H groups in total. The highest BCUT2D eigenvalue weighted by Gasteiger charge is 2.38. The summed E-state index contributed by atoms with van der Waals surface area (Å²) in [5, 5.41) is 12.3. The number of nitrogens with zero attached hydrogens (tertiary/aromatic N) is 1. The molecule has 2 aliphatic carbocycles. The summed E-state index contributed by atoms with van der Waals surface area (Å²) in [6.45, 7) is 7.36. The molecule has 0 saturated heterocycles. The van der Waals surface area contributed by atoms with Gasteiger partial charge < -0.3 is 10.4 Å². The molecule has 154 valence electrons. The maximum absolute atomic E-state index is 12.7. The first-order valence-corrected chi connectivity index (χ1v) is 10.7. The van der Waals surface area contributed by atoms with Crippen LogP contribution < -0.4 is 5.32 Å². The van der Waals surface area contributed by atoms with Crippen LogP contribution in [-0.4, -0.2) is 47.1 Å². The van der Waals surface area contributed by atoms with Crippen molar-refractivity contribution in [1.82, 2.24) is 10.2 Å². The lowest BCUT2D eigenvalue weighted by molar-refractivity contribution is -0.140. The van der Waals surface area contributed by atoms with Crippen molar-refractivity contribution in [3.05, 3.63) is 35.4 Å². The van der Waals surface area contributed by atoms with E-state index in [1.54, 1.807) is 0 Å². The van der Waals surface area contributed by atoms with E-state index in [1.165, 1.54) is 18.4 Å². The number of nitrogens with one attached hydrogen (secondary N) is 1. The van der Waals surface area contributed by atoms with E-state index in [-0.39, 0.29) is 30.5 Å². The van der Waals surface area contributed by atoms with Gasteiger partial charge in [0.15, 0.2) is 0 Å². The van der Waals surface area contributed by atoms with Gasteiger partial charge >= 0.3 is 5.97 Å². The third kappa shape index (κ3) is 5.81.